The number of aliphatic hydroxyl groups is 1. The number of fused-ring (bicyclic) bond motifs is 2. The molecule has 15 heteroatoms. The summed E-state index contributed by atoms with van der Waals surface area (Å²) >= 11 is 7.22. The van der Waals surface area contributed by atoms with Gasteiger partial charge < -0.3 is 29.5 Å². The average Bonchev–Trinajstić information content (AvgIpc) is 3.21. The average molecular weight is 494 g/mol. The van der Waals surface area contributed by atoms with Crippen molar-refractivity contribution in [3.8, 4) is 0 Å². The molecule has 158 valence electrons. The maximum Gasteiger partial charge on any atom is 1.00 e. The number of nitrogens with zero attached hydrogens (tertiary/aromatic N) is 4. The van der Waals surface area contributed by atoms with Crippen LogP contribution in [0.3, 0.4) is 0 Å². The minimum Gasteiger partial charge on any atom is -0.756 e. The van der Waals surface area contributed by atoms with Gasteiger partial charge in [-0.25, -0.2) is 15.0 Å². The van der Waals surface area contributed by atoms with Gasteiger partial charge in [0.15, 0.2) is 28.4 Å². The largest absolute Gasteiger partial charge is 1.00 e. The molecule has 0 saturated carbocycles. The van der Waals surface area contributed by atoms with E-state index in [0.717, 1.165) is 4.90 Å². The van der Waals surface area contributed by atoms with Gasteiger partial charge in [0.25, 0.3) is 7.82 Å². The molecule has 2 aliphatic rings. The van der Waals surface area contributed by atoms with Gasteiger partial charge in [-0.05, 0) is 24.3 Å². The molecule has 2 fully saturated rings. The number of halogens is 1. The number of ether oxygens (including phenoxy) is 1. The molecule has 0 radical (unpaired) electrons. The van der Waals surface area contributed by atoms with Crippen LogP contribution in [0.4, 0.5) is 5.82 Å². The smallest absolute Gasteiger partial charge is 0.756 e. The fourth-order valence-corrected chi connectivity index (χ4v) is 5.34. The zero-order chi connectivity index (χ0) is 21.0. The van der Waals surface area contributed by atoms with Gasteiger partial charge >= 0.3 is 29.6 Å². The molecule has 2 unspecified atom stereocenters. The van der Waals surface area contributed by atoms with Gasteiger partial charge in [0.2, 0.25) is 0 Å². The third-order valence-corrected chi connectivity index (χ3v) is 6.90. The molecule has 0 spiro atoms. The van der Waals surface area contributed by atoms with Crippen molar-refractivity contribution in [1.29, 1.82) is 0 Å². The molecule has 3 N–H and O–H groups in total. The van der Waals surface area contributed by atoms with Crippen LogP contribution in [-0.2, 0) is 18.3 Å². The molecule has 31 heavy (non-hydrogen) atoms. The van der Waals surface area contributed by atoms with E-state index in [2.05, 4.69) is 15.0 Å². The van der Waals surface area contributed by atoms with Crippen LogP contribution in [-0.4, -0.2) is 49.5 Å². The number of hydrogen-bond acceptors (Lipinski definition) is 11. The van der Waals surface area contributed by atoms with Crippen molar-refractivity contribution >= 4 is 48.2 Å². The summed E-state index contributed by atoms with van der Waals surface area (Å²) in [6.45, 7) is -0.261. The first-order chi connectivity index (χ1) is 14.3. The van der Waals surface area contributed by atoms with Crippen molar-refractivity contribution in [2.24, 2.45) is 0 Å². The van der Waals surface area contributed by atoms with Gasteiger partial charge in [0.05, 0.1) is 6.61 Å². The standard InChI is InChI=1S/C16H15ClN5O6PS.Na/c17-7-1-3-8(4-2-7)30-16-21-10-13(18)19-6-20-14(10)22(16)15-11(23)12-9(27-15)5-26-29(24,25)28-12;/h1-4,6,9,11-12,15,23H,5H2,(H,24,25)(H2,18,19,20);/q;+1/p-1/t9?,11-,12+,15-;/m0./s1. The summed E-state index contributed by atoms with van der Waals surface area (Å²) < 4.78 is 28.7. The van der Waals surface area contributed by atoms with Crippen molar-refractivity contribution in [2.45, 2.75) is 34.6 Å². The maximum absolute atomic E-state index is 11.7. The number of aromatic nitrogens is 4. The maximum atomic E-state index is 11.7. The second kappa shape index (κ2) is 8.88. The molecule has 0 amide bonds. The summed E-state index contributed by atoms with van der Waals surface area (Å²) in [5.74, 6) is 0.158. The van der Waals surface area contributed by atoms with Gasteiger partial charge in [0.1, 0.15) is 24.6 Å². The topological polar surface area (TPSA) is 158 Å². The summed E-state index contributed by atoms with van der Waals surface area (Å²) in [6, 6.07) is 7.08. The molecule has 0 aliphatic carbocycles. The van der Waals surface area contributed by atoms with Crippen LogP contribution in [0.15, 0.2) is 40.6 Å². The number of nitrogens with two attached hydrogens (primary N) is 1. The van der Waals surface area contributed by atoms with Gasteiger partial charge in [-0.3, -0.25) is 9.13 Å². The second-order valence-corrected chi connectivity index (χ2v) is 9.46. The van der Waals surface area contributed by atoms with E-state index < -0.39 is 32.4 Å². The third kappa shape index (κ3) is 4.40. The second-order valence-electron chi connectivity index (χ2n) is 6.62. The first-order valence-electron chi connectivity index (χ1n) is 8.72. The van der Waals surface area contributed by atoms with Gasteiger partial charge in [-0.2, -0.15) is 0 Å². The number of phosphoric acid groups is 1. The summed E-state index contributed by atoms with van der Waals surface area (Å²) in [5.41, 5.74) is 6.61. The molecule has 11 nitrogen and oxygen atoms in total. The number of aliphatic hydroxyl groups excluding tert-OH is 1. The van der Waals surface area contributed by atoms with Crippen LogP contribution in [0.5, 0.6) is 0 Å². The van der Waals surface area contributed by atoms with Gasteiger partial charge in [0, 0.05) is 9.92 Å². The van der Waals surface area contributed by atoms with E-state index in [1.807, 2.05) is 12.1 Å². The summed E-state index contributed by atoms with van der Waals surface area (Å²) in [5, 5.41) is 11.8. The van der Waals surface area contributed by atoms with Crippen molar-refractivity contribution in [3.05, 3.63) is 35.6 Å². The molecule has 4 heterocycles. The van der Waals surface area contributed by atoms with Crippen LogP contribution in [0.25, 0.3) is 11.2 Å². The fraction of sp³-hybridized carbons (Fsp3) is 0.312. The van der Waals surface area contributed by atoms with E-state index in [1.165, 1.54) is 18.1 Å². The Bertz CT molecular complexity index is 1170. The van der Waals surface area contributed by atoms with Crippen molar-refractivity contribution in [2.75, 3.05) is 12.3 Å². The predicted octanol–water partition coefficient (Wildman–Crippen LogP) is -1.64. The summed E-state index contributed by atoms with van der Waals surface area (Å²) in [7, 11) is -4.50. The number of imidazole rings is 1. The fourth-order valence-electron chi connectivity index (χ4n) is 3.36. The molecular formula is C16H14ClN5NaO6PS. The van der Waals surface area contributed by atoms with Crippen molar-refractivity contribution in [3.63, 3.8) is 0 Å². The normalized spacial score (nSPS) is 30.2. The van der Waals surface area contributed by atoms with Crippen LogP contribution < -0.4 is 40.2 Å². The van der Waals surface area contributed by atoms with Crippen LogP contribution in [0.2, 0.25) is 5.02 Å². The number of phosphoric ester groups is 1. The molecule has 5 atom stereocenters. The summed E-state index contributed by atoms with van der Waals surface area (Å²) in [4.78, 5) is 25.2. The minimum absolute atomic E-state index is 0. The van der Waals surface area contributed by atoms with E-state index in [1.54, 1.807) is 16.7 Å². The first kappa shape index (κ1) is 23.4. The van der Waals surface area contributed by atoms with E-state index in [0.29, 0.717) is 21.3 Å². The van der Waals surface area contributed by atoms with E-state index >= 15 is 0 Å². The predicted molar refractivity (Wildman–Crippen MR) is 104 cm³/mol. The van der Waals surface area contributed by atoms with Crippen LogP contribution in [0, 0.1) is 0 Å². The Morgan fingerprint density at radius 3 is 2.81 bits per heavy atom. The molecule has 1 aromatic carbocycles. The van der Waals surface area contributed by atoms with Gasteiger partial charge in [-0.1, -0.05) is 23.4 Å². The Labute approximate surface area is 207 Å². The Hall–Kier alpha value is -0.760. The van der Waals surface area contributed by atoms with Crippen LogP contribution in [0.1, 0.15) is 6.23 Å². The molecule has 3 aromatic rings. The van der Waals surface area contributed by atoms with E-state index in [9.17, 15) is 14.6 Å². The monoisotopic (exact) mass is 493 g/mol. The molecular weight excluding hydrogens is 480 g/mol. The quantitative estimate of drug-likeness (QED) is 0.318. The molecule has 2 aromatic heterocycles. The molecule has 2 saturated heterocycles. The number of benzene rings is 1. The minimum atomic E-state index is -4.50. The Kier molecular flexibility index (Phi) is 6.70. The first-order valence-corrected chi connectivity index (χ1v) is 11.4. The van der Waals surface area contributed by atoms with Crippen molar-refractivity contribution < 1.29 is 57.9 Å². The van der Waals surface area contributed by atoms with E-state index in [-0.39, 0.29) is 42.0 Å². The number of nitrogen functional groups attached to an aromatic ring is 1. The molecule has 0 bridgehead atoms. The Morgan fingerprint density at radius 1 is 1.32 bits per heavy atom. The van der Waals surface area contributed by atoms with E-state index in [4.69, 9.17) is 31.1 Å². The van der Waals surface area contributed by atoms with Crippen LogP contribution >= 0.6 is 31.2 Å². The molecule has 5 rings (SSSR count). The number of rotatable bonds is 3. The Balaban J connectivity index is 0.00000231. The summed E-state index contributed by atoms with van der Waals surface area (Å²) in [6.07, 6.45) is -2.98. The SMILES string of the molecule is Nc1ncnc2c1nc(Sc1ccc(Cl)cc1)n2[C@H]1OC2COP(=O)([O-])O[C@H]2[C@@H]1O.[Na+]. The zero-order valence-corrected chi connectivity index (χ0v) is 20.5. The Morgan fingerprint density at radius 2 is 2.06 bits per heavy atom. The zero-order valence-electron chi connectivity index (χ0n) is 16.0. The van der Waals surface area contributed by atoms with Crippen molar-refractivity contribution in [1.82, 2.24) is 19.5 Å². The third-order valence-electron chi connectivity index (χ3n) is 4.71. The number of anilines is 1. The van der Waals surface area contributed by atoms with Gasteiger partial charge in [-0.15, -0.1) is 0 Å². The number of hydrogen-bond donors (Lipinski definition) is 2. The molecule has 2 aliphatic heterocycles.